The van der Waals surface area contributed by atoms with Crippen molar-refractivity contribution in [1.82, 2.24) is 4.57 Å². The van der Waals surface area contributed by atoms with Crippen molar-refractivity contribution in [1.29, 1.82) is 0 Å². The Hall–Kier alpha value is -3.43. The second kappa shape index (κ2) is 12.6. The average molecular weight is 490 g/mol. The second-order valence-electron chi connectivity index (χ2n) is 7.11. The van der Waals surface area contributed by atoms with Gasteiger partial charge in [0.15, 0.2) is 0 Å². The molecule has 1 aromatic carbocycles. The summed E-state index contributed by atoms with van der Waals surface area (Å²) in [7, 11) is 0. The van der Waals surface area contributed by atoms with Gasteiger partial charge >= 0.3 is 5.97 Å². The van der Waals surface area contributed by atoms with E-state index < -0.39 is 17.8 Å². The van der Waals surface area contributed by atoms with E-state index in [2.05, 4.69) is 0 Å². The lowest BCUT2D eigenvalue weighted by Crippen LogP contribution is -2.16. The quantitative estimate of drug-likeness (QED) is 0.511. The fourth-order valence-corrected chi connectivity index (χ4v) is 3.94. The van der Waals surface area contributed by atoms with Crippen LogP contribution in [0.1, 0.15) is 45.7 Å². The Balaban J connectivity index is 0.000000192. The van der Waals surface area contributed by atoms with Crippen LogP contribution < -0.4 is 17.0 Å². The zero-order valence-corrected chi connectivity index (χ0v) is 19.2. The lowest BCUT2D eigenvalue weighted by Gasteiger charge is -2.04. The van der Waals surface area contributed by atoms with Gasteiger partial charge in [-0.3, -0.25) is 23.7 Å². The summed E-state index contributed by atoms with van der Waals surface area (Å²) < 4.78 is 2.08. The first-order chi connectivity index (χ1) is 15.7. The van der Waals surface area contributed by atoms with Crippen LogP contribution in [0.5, 0.6) is 0 Å². The maximum atomic E-state index is 11.5. The molecule has 0 saturated heterocycles. The predicted molar refractivity (Wildman–Crippen MR) is 128 cm³/mol. The molecular formula is C23H24ClN3O5S. The molecule has 0 radical (unpaired) electrons. The molecule has 0 bridgehead atoms. The summed E-state index contributed by atoms with van der Waals surface area (Å²) in [5.74, 6) is -1.53. The van der Waals surface area contributed by atoms with Crippen molar-refractivity contribution in [3.8, 4) is 5.69 Å². The second-order valence-corrected chi connectivity index (χ2v) is 8.82. The van der Waals surface area contributed by atoms with Gasteiger partial charge < -0.3 is 16.6 Å². The molecule has 174 valence electrons. The molecule has 3 aromatic rings. The Morgan fingerprint density at radius 2 is 1.58 bits per heavy atom. The van der Waals surface area contributed by atoms with Crippen LogP contribution >= 0.6 is 22.9 Å². The van der Waals surface area contributed by atoms with Gasteiger partial charge in [-0.05, 0) is 55.3 Å². The third-order valence-corrected chi connectivity index (χ3v) is 6.02. The lowest BCUT2D eigenvalue weighted by atomic mass is 10.1. The van der Waals surface area contributed by atoms with Crippen LogP contribution in [0.2, 0.25) is 4.34 Å². The van der Waals surface area contributed by atoms with Crippen molar-refractivity contribution in [3.63, 3.8) is 0 Å². The van der Waals surface area contributed by atoms with Gasteiger partial charge in [-0.1, -0.05) is 30.5 Å². The van der Waals surface area contributed by atoms with E-state index in [1.807, 2.05) is 0 Å². The SMILES string of the molecule is NC(=O)c1ccc(-n2ccccc2=O)cc1.NC(=O)c1ccc(Cl)s1.O=C(O)C1CCCC1. The fraction of sp³-hybridized carbons (Fsp3) is 0.217. The third-order valence-electron chi connectivity index (χ3n) is 4.77. The number of halogens is 1. The number of aliphatic carboxylic acids is 1. The minimum Gasteiger partial charge on any atom is -0.481 e. The van der Waals surface area contributed by atoms with E-state index >= 15 is 0 Å². The molecule has 1 saturated carbocycles. The molecule has 1 aliphatic carbocycles. The molecule has 0 aliphatic heterocycles. The first kappa shape index (κ1) is 25.8. The van der Waals surface area contributed by atoms with E-state index in [9.17, 15) is 19.2 Å². The number of aromatic nitrogens is 1. The molecule has 1 aliphatic rings. The highest BCUT2D eigenvalue weighted by atomic mass is 35.5. The van der Waals surface area contributed by atoms with Crippen LogP contribution in [-0.4, -0.2) is 27.5 Å². The van der Waals surface area contributed by atoms with Gasteiger partial charge in [0.2, 0.25) is 5.91 Å². The topological polar surface area (TPSA) is 145 Å². The molecule has 4 rings (SSSR count). The molecule has 0 unspecified atom stereocenters. The Morgan fingerprint density at radius 1 is 0.939 bits per heavy atom. The minimum atomic E-state index is -0.609. The smallest absolute Gasteiger partial charge is 0.306 e. The van der Waals surface area contributed by atoms with Crippen molar-refractivity contribution < 1.29 is 19.5 Å². The first-order valence-corrected chi connectivity index (χ1v) is 11.2. The predicted octanol–water partition coefficient (Wildman–Crippen LogP) is 3.70. The zero-order chi connectivity index (χ0) is 24.4. The van der Waals surface area contributed by atoms with Crippen molar-refractivity contribution in [2.45, 2.75) is 25.7 Å². The maximum absolute atomic E-state index is 11.5. The molecule has 2 aromatic heterocycles. The number of hydrogen-bond acceptors (Lipinski definition) is 5. The number of carboxylic acid groups (broad SMARTS) is 1. The van der Waals surface area contributed by atoms with Gasteiger partial charge in [0.1, 0.15) is 0 Å². The summed E-state index contributed by atoms with van der Waals surface area (Å²) in [5, 5.41) is 8.41. The molecule has 1 fully saturated rings. The van der Waals surface area contributed by atoms with Gasteiger partial charge in [-0.15, -0.1) is 11.3 Å². The van der Waals surface area contributed by atoms with Crippen molar-refractivity contribution >= 4 is 40.7 Å². The monoisotopic (exact) mass is 489 g/mol. The van der Waals surface area contributed by atoms with Gasteiger partial charge in [0.05, 0.1) is 15.1 Å². The summed E-state index contributed by atoms with van der Waals surface area (Å²) in [4.78, 5) is 43.5. The lowest BCUT2D eigenvalue weighted by molar-refractivity contribution is -0.141. The van der Waals surface area contributed by atoms with Crippen molar-refractivity contribution in [3.05, 3.63) is 85.9 Å². The average Bonchev–Trinajstić information content (AvgIpc) is 3.47. The maximum Gasteiger partial charge on any atom is 0.306 e. The summed E-state index contributed by atoms with van der Waals surface area (Å²) in [6, 6.07) is 14.7. The number of pyridine rings is 1. The van der Waals surface area contributed by atoms with E-state index in [1.54, 1.807) is 54.7 Å². The standard InChI is InChI=1S/C12H10N2O2.C6H10O2.C5H4ClNOS/c13-12(16)9-4-6-10(7-5-9)14-8-2-1-3-11(14)15;7-6(8)5-3-1-2-4-5;6-4-2-1-3(9-4)5(7)8/h1-8H,(H2,13,16);5H,1-4H2,(H,7,8);1-2H,(H2,7,8). The Morgan fingerprint density at radius 3 is 1.97 bits per heavy atom. The number of nitrogens with two attached hydrogens (primary N) is 2. The number of carboxylic acids is 1. The minimum absolute atomic E-state index is 0.0185. The van der Waals surface area contributed by atoms with Crippen LogP contribution in [0.3, 0.4) is 0 Å². The number of amides is 2. The fourth-order valence-electron chi connectivity index (χ4n) is 3.05. The molecule has 5 N–H and O–H groups in total. The number of thiophene rings is 1. The molecule has 2 heterocycles. The number of benzene rings is 1. The Labute approximate surface area is 199 Å². The Bertz CT molecular complexity index is 1150. The largest absolute Gasteiger partial charge is 0.481 e. The van der Waals surface area contributed by atoms with Gasteiger partial charge in [0.25, 0.3) is 11.5 Å². The number of carbonyl (C=O) groups is 3. The van der Waals surface area contributed by atoms with Gasteiger partial charge in [0, 0.05) is 23.5 Å². The van der Waals surface area contributed by atoms with Crippen LogP contribution in [0.25, 0.3) is 5.69 Å². The molecule has 10 heteroatoms. The molecule has 33 heavy (non-hydrogen) atoms. The third kappa shape index (κ3) is 8.21. The number of carbonyl (C=O) groups excluding carboxylic acids is 2. The van der Waals surface area contributed by atoms with Crippen LogP contribution in [0, 0.1) is 5.92 Å². The normalized spacial score (nSPS) is 12.6. The van der Waals surface area contributed by atoms with E-state index in [-0.39, 0.29) is 11.5 Å². The van der Waals surface area contributed by atoms with Crippen molar-refractivity contribution in [2.75, 3.05) is 0 Å². The molecular weight excluding hydrogens is 466 g/mol. The first-order valence-electron chi connectivity index (χ1n) is 10.0. The molecule has 2 amide bonds. The van der Waals surface area contributed by atoms with Gasteiger partial charge in [-0.2, -0.15) is 0 Å². The van der Waals surface area contributed by atoms with Crippen molar-refractivity contribution in [2.24, 2.45) is 17.4 Å². The molecule has 0 atom stereocenters. The van der Waals surface area contributed by atoms with E-state index in [0.29, 0.717) is 20.5 Å². The zero-order valence-electron chi connectivity index (χ0n) is 17.6. The van der Waals surface area contributed by atoms with Gasteiger partial charge in [-0.25, -0.2) is 0 Å². The summed E-state index contributed by atoms with van der Waals surface area (Å²) in [6.45, 7) is 0. The molecule has 0 spiro atoms. The summed E-state index contributed by atoms with van der Waals surface area (Å²) in [6.07, 6.45) is 5.68. The van der Waals surface area contributed by atoms with Crippen LogP contribution in [0.15, 0.2) is 65.6 Å². The molecule has 8 nitrogen and oxygen atoms in total. The highest BCUT2D eigenvalue weighted by Gasteiger charge is 2.21. The summed E-state index contributed by atoms with van der Waals surface area (Å²) >= 11 is 6.70. The number of rotatable bonds is 4. The highest BCUT2D eigenvalue weighted by molar-refractivity contribution is 7.17. The van der Waals surface area contributed by atoms with Crippen LogP contribution in [0.4, 0.5) is 0 Å². The number of primary amides is 2. The van der Waals surface area contributed by atoms with Crippen LogP contribution in [-0.2, 0) is 4.79 Å². The Kier molecular flexibility index (Phi) is 9.84. The summed E-state index contributed by atoms with van der Waals surface area (Å²) in [5.41, 5.74) is 11.1. The highest BCUT2D eigenvalue weighted by Crippen LogP contribution is 2.24. The van der Waals surface area contributed by atoms with E-state index in [0.717, 1.165) is 25.7 Å². The number of hydrogen-bond donors (Lipinski definition) is 3. The number of nitrogens with zero attached hydrogens (tertiary/aromatic N) is 1. The van der Waals surface area contributed by atoms with E-state index in [4.69, 9.17) is 28.2 Å². The van der Waals surface area contributed by atoms with E-state index in [1.165, 1.54) is 22.0 Å².